The smallest absolute Gasteiger partial charge is 0.315 e. The van der Waals surface area contributed by atoms with Crippen LogP contribution in [-0.2, 0) is 14.9 Å². The number of carboxylic acid groups (broad SMARTS) is 1. The third-order valence-electron chi connectivity index (χ3n) is 3.13. The monoisotopic (exact) mass is 221 g/mol. The van der Waals surface area contributed by atoms with Crippen molar-refractivity contribution in [3.63, 3.8) is 0 Å². The summed E-state index contributed by atoms with van der Waals surface area (Å²) in [7, 11) is 0. The maximum Gasteiger partial charge on any atom is 0.315 e. The number of carbonyl (C=O) groups is 1. The maximum atomic E-state index is 11.5. The van der Waals surface area contributed by atoms with Crippen LogP contribution in [0.2, 0.25) is 0 Å². The molecule has 1 N–H and O–H groups in total. The minimum atomic E-state index is -0.857. The Morgan fingerprint density at radius 3 is 2.69 bits per heavy atom. The molecule has 0 radical (unpaired) electrons. The van der Waals surface area contributed by atoms with Crippen LogP contribution in [0.1, 0.15) is 24.2 Å². The predicted octanol–water partition coefficient (Wildman–Crippen LogP) is 1.52. The summed E-state index contributed by atoms with van der Waals surface area (Å²) in [4.78, 5) is 15.8. The van der Waals surface area contributed by atoms with Gasteiger partial charge in [-0.05, 0) is 31.9 Å². The van der Waals surface area contributed by atoms with Crippen molar-refractivity contribution in [1.82, 2.24) is 4.98 Å². The molecule has 0 atom stereocenters. The molecule has 1 aliphatic heterocycles. The number of aryl methyl sites for hydroxylation is 1. The van der Waals surface area contributed by atoms with E-state index in [1.165, 1.54) is 0 Å². The molecule has 0 saturated carbocycles. The van der Waals surface area contributed by atoms with Gasteiger partial charge in [0.2, 0.25) is 0 Å². The Hall–Kier alpha value is -1.42. The largest absolute Gasteiger partial charge is 0.481 e. The van der Waals surface area contributed by atoms with Crippen LogP contribution >= 0.6 is 0 Å². The van der Waals surface area contributed by atoms with E-state index in [-0.39, 0.29) is 0 Å². The van der Waals surface area contributed by atoms with Crippen molar-refractivity contribution in [3.8, 4) is 0 Å². The third kappa shape index (κ3) is 1.80. The third-order valence-corrected chi connectivity index (χ3v) is 3.13. The number of ether oxygens (including phenoxy) is 1. The fraction of sp³-hybridized carbons (Fsp3) is 0.500. The molecule has 4 nitrogen and oxygen atoms in total. The SMILES string of the molecule is Cc1cccc(C2(C(=O)O)CCOCC2)n1. The number of hydrogen-bond acceptors (Lipinski definition) is 3. The van der Waals surface area contributed by atoms with Crippen LogP contribution in [0.5, 0.6) is 0 Å². The molecule has 0 unspecified atom stereocenters. The van der Waals surface area contributed by atoms with Gasteiger partial charge in [0.25, 0.3) is 0 Å². The number of pyridine rings is 1. The molecule has 0 bridgehead atoms. The quantitative estimate of drug-likeness (QED) is 0.822. The van der Waals surface area contributed by atoms with E-state index < -0.39 is 11.4 Å². The Bertz CT molecular complexity index is 397. The van der Waals surface area contributed by atoms with Gasteiger partial charge < -0.3 is 9.84 Å². The van der Waals surface area contributed by atoms with Gasteiger partial charge in [-0.15, -0.1) is 0 Å². The van der Waals surface area contributed by atoms with Gasteiger partial charge in [-0.1, -0.05) is 6.07 Å². The standard InChI is InChI=1S/C12H15NO3/c1-9-3-2-4-10(13-9)12(11(14)15)5-7-16-8-6-12/h2-4H,5-8H2,1H3,(H,14,15). The molecule has 0 aromatic carbocycles. The molecule has 0 spiro atoms. The highest BCUT2D eigenvalue weighted by molar-refractivity contribution is 5.80. The van der Waals surface area contributed by atoms with Crippen LogP contribution in [0.25, 0.3) is 0 Å². The van der Waals surface area contributed by atoms with Crippen molar-refractivity contribution >= 4 is 5.97 Å². The lowest BCUT2D eigenvalue weighted by Crippen LogP contribution is -2.42. The van der Waals surface area contributed by atoms with E-state index in [1.54, 1.807) is 6.07 Å². The molecule has 86 valence electrons. The van der Waals surface area contributed by atoms with Gasteiger partial charge in [-0.25, -0.2) is 0 Å². The van der Waals surface area contributed by atoms with Crippen LogP contribution in [0.4, 0.5) is 0 Å². The molecule has 1 aromatic heterocycles. The lowest BCUT2D eigenvalue weighted by molar-refractivity contribution is -0.148. The Balaban J connectivity index is 2.42. The van der Waals surface area contributed by atoms with Gasteiger partial charge in [0, 0.05) is 18.9 Å². The second-order valence-electron chi connectivity index (χ2n) is 4.16. The van der Waals surface area contributed by atoms with Crippen molar-refractivity contribution < 1.29 is 14.6 Å². The summed E-state index contributed by atoms with van der Waals surface area (Å²) in [5, 5.41) is 9.44. The highest BCUT2D eigenvalue weighted by Gasteiger charge is 2.43. The predicted molar refractivity (Wildman–Crippen MR) is 58.3 cm³/mol. The molecule has 0 aliphatic carbocycles. The van der Waals surface area contributed by atoms with Gasteiger partial charge in [-0.3, -0.25) is 9.78 Å². The minimum absolute atomic E-state index is 0.488. The van der Waals surface area contributed by atoms with Crippen LogP contribution in [-0.4, -0.2) is 29.3 Å². The molecule has 0 amide bonds. The molecule has 16 heavy (non-hydrogen) atoms. The number of carboxylic acids is 1. The number of nitrogens with zero attached hydrogens (tertiary/aromatic N) is 1. The molecular weight excluding hydrogens is 206 g/mol. The Labute approximate surface area is 94.3 Å². The molecule has 1 fully saturated rings. The summed E-state index contributed by atoms with van der Waals surface area (Å²) < 4.78 is 5.24. The highest BCUT2D eigenvalue weighted by atomic mass is 16.5. The number of aliphatic carboxylic acids is 1. The topological polar surface area (TPSA) is 59.4 Å². The molecular formula is C12H15NO3. The van der Waals surface area contributed by atoms with Gasteiger partial charge in [0.15, 0.2) is 0 Å². The first-order valence-corrected chi connectivity index (χ1v) is 5.40. The lowest BCUT2D eigenvalue weighted by Gasteiger charge is -2.32. The molecule has 4 heteroatoms. The average Bonchev–Trinajstić information content (AvgIpc) is 2.30. The molecule has 2 rings (SSSR count). The van der Waals surface area contributed by atoms with Crippen molar-refractivity contribution in [2.24, 2.45) is 0 Å². The van der Waals surface area contributed by atoms with E-state index in [0.29, 0.717) is 31.7 Å². The van der Waals surface area contributed by atoms with E-state index in [0.717, 1.165) is 5.69 Å². The number of rotatable bonds is 2. The van der Waals surface area contributed by atoms with Gasteiger partial charge >= 0.3 is 5.97 Å². The summed E-state index contributed by atoms with van der Waals surface area (Å²) in [6.45, 7) is 2.85. The van der Waals surface area contributed by atoms with Crippen LogP contribution < -0.4 is 0 Å². The van der Waals surface area contributed by atoms with Gasteiger partial charge in [0.05, 0.1) is 5.69 Å². The maximum absolute atomic E-state index is 11.5. The molecule has 1 aliphatic rings. The van der Waals surface area contributed by atoms with Crippen molar-refractivity contribution in [2.75, 3.05) is 13.2 Å². The molecule has 2 heterocycles. The van der Waals surface area contributed by atoms with Crippen molar-refractivity contribution in [3.05, 3.63) is 29.6 Å². The molecule has 1 saturated heterocycles. The lowest BCUT2D eigenvalue weighted by atomic mass is 9.77. The number of aromatic nitrogens is 1. The van der Waals surface area contributed by atoms with E-state index in [1.807, 2.05) is 19.1 Å². The highest BCUT2D eigenvalue weighted by Crippen LogP contribution is 2.33. The van der Waals surface area contributed by atoms with E-state index >= 15 is 0 Å². The zero-order valence-electron chi connectivity index (χ0n) is 9.27. The summed E-state index contributed by atoms with van der Waals surface area (Å²) in [6.07, 6.45) is 0.998. The first kappa shape index (κ1) is 11.1. The van der Waals surface area contributed by atoms with Crippen molar-refractivity contribution in [1.29, 1.82) is 0 Å². The van der Waals surface area contributed by atoms with Crippen LogP contribution in [0, 0.1) is 6.92 Å². The van der Waals surface area contributed by atoms with Crippen LogP contribution in [0.3, 0.4) is 0 Å². The van der Waals surface area contributed by atoms with E-state index in [2.05, 4.69) is 4.98 Å². The summed E-state index contributed by atoms with van der Waals surface area (Å²) in [5.41, 5.74) is 0.650. The Kier molecular flexibility index (Phi) is 2.92. The first-order chi connectivity index (χ1) is 7.65. The minimum Gasteiger partial charge on any atom is -0.481 e. The van der Waals surface area contributed by atoms with Gasteiger partial charge in [-0.2, -0.15) is 0 Å². The average molecular weight is 221 g/mol. The first-order valence-electron chi connectivity index (χ1n) is 5.40. The van der Waals surface area contributed by atoms with E-state index in [4.69, 9.17) is 4.74 Å². The fourth-order valence-corrected chi connectivity index (χ4v) is 2.11. The Morgan fingerprint density at radius 2 is 2.12 bits per heavy atom. The zero-order valence-corrected chi connectivity index (χ0v) is 9.27. The van der Waals surface area contributed by atoms with E-state index in [9.17, 15) is 9.90 Å². The Morgan fingerprint density at radius 1 is 1.44 bits per heavy atom. The second kappa shape index (κ2) is 4.22. The van der Waals surface area contributed by atoms with Gasteiger partial charge in [0.1, 0.15) is 5.41 Å². The van der Waals surface area contributed by atoms with Crippen LogP contribution in [0.15, 0.2) is 18.2 Å². The molecule has 1 aromatic rings. The summed E-state index contributed by atoms with van der Waals surface area (Å²) in [6, 6.07) is 5.53. The summed E-state index contributed by atoms with van der Waals surface area (Å²) in [5.74, 6) is -0.797. The normalized spacial score (nSPS) is 19.3. The second-order valence-corrected chi connectivity index (χ2v) is 4.16. The fourth-order valence-electron chi connectivity index (χ4n) is 2.11. The number of hydrogen-bond donors (Lipinski definition) is 1. The zero-order chi connectivity index (χ0) is 11.6. The summed E-state index contributed by atoms with van der Waals surface area (Å²) >= 11 is 0. The van der Waals surface area contributed by atoms with Crippen molar-refractivity contribution in [2.45, 2.75) is 25.2 Å².